The minimum atomic E-state index is 0.312. The summed E-state index contributed by atoms with van der Waals surface area (Å²) in [4.78, 5) is 0. The number of hydrogen-bond acceptors (Lipinski definition) is 3. The highest BCUT2D eigenvalue weighted by Crippen LogP contribution is 2.44. The topological polar surface area (TPSA) is 70.6 Å². The lowest BCUT2D eigenvalue weighted by atomic mass is 10.1. The zero-order valence-electron chi connectivity index (χ0n) is 9.32. The van der Waals surface area contributed by atoms with E-state index >= 15 is 0 Å². The van der Waals surface area contributed by atoms with Crippen LogP contribution in [0.4, 0.5) is 0 Å². The molecule has 2 rings (SSSR count). The number of amidine groups is 1. The minimum absolute atomic E-state index is 0.312. The third-order valence-electron chi connectivity index (χ3n) is 3.38. The summed E-state index contributed by atoms with van der Waals surface area (Å²) in [5, 5.41) is 15.1. The van der Waals surface area contributed by atoms with Crippen molar-refractivity contribution >= 4 is 5.84 Å². The molecule has 2 fully saturated rings. The van der Waals surface area contributed by atoms with E-state index in [9.17, 15) is 0 Å². The van der Waals surface area contributed by atoms with E-state index in [-0.39, 0.29) is 0 Å². The Kier molecular flexibility index (Phi) is 3.14. The zero-order chi connectivity index (χ0) is 10.8. The van der Waals surface area contributed by atoms with Crippen molar-refractivity contribution in [3.8, 4) is 0 Å². The molecule has 0 aromatic rings. The molecule has 0 aromatic heterocycles. The van der Waals surface area contributed by atoms with E-state index in [4.69, 9.17) is 10.9 Å². The van der Waals surface area contributed by atoms with Crippen LogP contribution < -0.4 is 11.1 Å². The molecule has 0 saturated heterocycles. The SMILES string of the molecule is CC(CC(N)=NO)NC(C1CC1)C1CC1. The number of nitrogens with one attached hydrogen (secondary N) is 1. The summed E-state index contributed by atoms with van der Waals surface area (Å²) in [6, 6.07) is 0.999. The predicted octanol–water partition coefficient (Wildman–Crippen LogP) is 1.29. The Balaban J connectivity index is 1.77. The van der Waals surface area contributed by atoms with E-state index in [1.54, 1.807) is 0 Å². The number of rotatable bonds is 6. The van der Waals surface area contributed by atoms with Gasteiger partial charge in [0, 0.05) is 18.5 Å². The van der Waals surface area contributed by atoms with Gasteiger partial charge in [0.1, 0.15) is 5.84 Å². The minimum Gasteiger partial charge on any atom is -0.409 e. The first kappa shape index (κ1) is 10.7. The Morgan fingerprint density at radius 3 is 2.33 bits per heavy atom. The number of oxime groups is 1. The Morgan fingerprint density at radius 1 is 1.40 bits per heavy atom. The lowest BCUT2D eigenvalue weighted by Gasteiger charge is -2.22. The van der Waals surface area contributed by atoms with Crippen LogP contribution in [0.15, 0.2) is 5.16 Å². The maximum absolute atomic E-state index is 8.50. The van der Waals surface area contributed by atoms with Crippen LogP contribution in [-0.4, -0.2) is 23.1 Å². The molecule has 1 unspecified atom stereocenters. The molecule has 0 radical (unpaired) electrons. The molecule has 2 aliphatic carbocycles. The monoisotopic (exact) mass is 211 g/mol. The first-order valence-corrected chi connectivity index (χ1v) is 5.93. The average Bonchev–Trinajstić information content (AvgIpc) is 3.02. The Hall–Kier alpha value is -0.770. The first-order chi connectivity index (χ1) is 7.20. The van der Waals surface area contributed by atoms with Gasteiger partial charge in [-0.2, -0.15) is 0 Å². The van der Waals surface area contributed by atoms with Crippen molar-refractivity contribution in [2.45, 2.75) is 51.1 Å². The van der Waals surface area contributed by atoms with Gasteiger partial charge in [0.2, 0.25) is 0 Å². The van der Waals surface area contributed by atoms with Crippen molar-refractivity contribution in [2.75, 3.05) is 0 Å². The van der Waals surface area contributed by atoms with E-state index in [0.29, 0.717) is 24.3 Å². The molecule has 4 N–H and O–H groups in total. The van der Waals surface area contributed by atoms with Gasteiger partial charge < -0.3 is 16.3 Å². The molecule has 0 amide bonds. The van der Waals surface area contributed by atoms with Gasteiger partial charge in [-0.15, -0.1) is 0 Å². The molecule has 1 atom stereocenters. The third kappa shape index (κ3) is 3.09. The molecule has 0 aromatic carbocycles. The van der Waals surface area contributed by atoms with Crippen LogP contribution in [0, 0.1) is 11.8 Å². The van der Waals surface area contributed by atoms with Crippen molar-refractivity contribution < 1.29 is 5.21 Å². The average molecular weight is 211 g/mol. The normalized spacial score (nSPS) is 24.5. The van der Waals surface area contributed by atoms with Crippen LogP contribution in [0.25, 0.3) is 0 Å². The summed E-state index contributed by atoms with van der Waals surface area (Å²) < 4.78 is 0. The van der Waals surface area contributed by atoms with E-state index in [2.05, 4.69) is 17.4 Å². The molecule has 0 spiro atoms. The van der Waals surface area contributed by atoms with Crippen LogP contribution in [-0.2, 0) is 0 Å². The van der Waals surface area contributed by atoms with Crippen LogP contribution >= 0.6 is 0 Å². The summed E-state index contributed by atoms with van der Waals surface area (Å²) in [7, 11) is 0. The highest BCUT2D eigenvalue weighted by Gasteiger charge is 2.41. The molecule has 15 heavy (non-hydrogen) atoms. The molecular formula is C11H21N3O. The summed E-state index contributed by atoms with van der Waals surface area (Å²) in [5.41, 5.74) is 5.49. The van der Waals surface area contributed by atoms with Gasteiger partial charge in [-0.25, -0.2) is 0 Å². The second kappa shape index (κ2) is 4.39. The van der Waals surface area contributed by atoms with Gasteiger partial charge in [-0.3, -0.25) is 0 Å². The zero-order valence-corrected chi connectivity index (χ0v) is 9.32. The van der Waals surface area contributed by atoms with Gasteiger partial charge in [0.15, 0.2) is 0 Å². The number of nitrogens with two attached hydrogens (primary N) is 1. The van der Waals surface area contributed by atoms with Crippen LogP contribution in [0.2, 0.25) is 0 Å². The fraction of sp³-hybridized carbons (Fsp3) is 0.909. The summed E-state index contributed by atoms with van der Waals surface area (Å²) in [5.74, 6) is 2.11. The molecule has 2 saturated carbocycles. The Bertz CT molecular complexity index is 234. The maximum atomic E-state index is 8.50. The second-order valence-electron chi connectivity index (χ2n) is 5.06. The number of hydrogen-bond donors (Lipinski definition) is 3. The smallest absolute Gasteiger partial charge is 0.140 e. The molecule has 0 aliphatic heterocycles. The molecule has 4 nitrogen and oxygen atoms in total. The molecule has 86 valence electrons. The van der Waals surface area contributed by atoms with Crippen molar-refractivity contribution in [1.29, 1.82) is 0 Å². The standard InChI is InChI=1S/C11H21N3O/c1-7(6-10(12)14-15)13-11(8-2-3-8)9-4-5-9/h7-9,11,13,15H,2-6H2,1H3,(H2,12,14). The quantitative estimate of drug-likeness (QED) is 0.268. The van der Waals surface area contributed by atoms with E-state index in [1.807, 2.05) is 0 Å². The maximum Gasteiger partial charge on any atom is 0.140 e. The van der Waals surface area contributed by atoms with Gasteiger partial charge in [-0.1, -0.05) is 5.16 Å². The summed E-state index contributed by atoms with van der Waals surface area (Å²) >= 11 is 0. The van der Waals surface area contributed by atoms with Gasteiger partial charge in [-0.05, 0) is 44.4 Å². The Labute approximate surface area is 90.9 Å². The third-order valence-corrected chi connectivity index (χ3v) is 3.38. The van der Waals surface area contributed by atoms with Gasteiger partial charge in [0.05, 0.1) is 0 Å². The first-order valence-electron chi connectivity index (χ1n) is 5.93. The van der Waals surface area contributed by atoms with Crippen molar-refractivity contribution in [2.24, 2.45) is 22.7 Å². The highest BCUT2D eigenvalue weighted by molar-refractivity contribution is 5.80. The fourth-order valence-corrected chi connectivity index (χ4v) is 2.31. The molecular weight excluding hydrogens is 190 g/mol. The molecule has 4 heteroatoms. The Morgan fingerprint density at radius 2 is 1.93 bits per heavy atom. The predicted molar refractivity (Wildman–Crippen MR) is 59.9 cm³/mol. The van der Waals surface area contributed by atoms with E-state index in [1.165, 1.54) is 25.7 Å². The van der Waals surface area contributed by atoms with Crippen LogP contribution in [0.1, 0.15) is 39.0 Å². The fourth-order valence-electron chi connectivity index (χ4n) is 2.31. The van der Waals surface area contributed by atoms with Crippen molar-refractivity contribution in [3.63, 3.8) is 0 Å². The largest absolute Gasteiger partial charge is 0.409 e. The van der Waals surface area contributed by atoms with Crippen LogP contribution in [0.3, 0.4) is 0 Å². The lowest BCUT2D eigenvalue weighted by molar-refractivity contribution is 0.314. The molecule has 0 bridgehead atoms. The number of nitrogens with zero attached hydrogens (tertiary/aromatic N) is 1. The molecule has 0 heterocycles. The second-order valence-corrected chi connectivity index (χ2v) is 5.06. The van der Waals surface area contributed by atoms with Crippen molar-refractivity contribution in [1.82, 2.24) is 5.32 Å². The summed E-state index contributed by atoms with van der Waals surface area (Å²) in [6.07, 6.45) is 6.15. The van der Waals surface area contributed by atoms with E-state index < -0.39 is 0 Å². The highest BCUT2D eigenvalue weighted by atomic mass is 16.4. The molecule has 2 aliphatic rings. The van der Waals surface area contributed by atoms with Crippen LogP contribution in [0.5, 0.6) is 0 Å². The summed E-state index contributed by atoms with van der Waals surface area (Å²) in [6.45, 7) is 2.11. The van der Waals surface area contributed by atoms with Gasteiger partial charge >= 0.3 is 0 Å². The van der Waals surface area contributed by atoms with E-state index in [0.717, 1.165) is 11.8 Å². The van der Waals surface area contributed by atoms with Gasteiger partial charge in [0.25, 0.3) is 0 Å². The van der Waals surface area contributed by atoms with Crippen molar-refractivity contribution in [3.05, 3.63) is 0 Å². The lowest BCUT2D eigenvalue weighted by Crippen LogP contribution is -2.41.